The van der Waals surface area contributed by atoms with Crippen LogP contribution in [0.15, 0.2) is 86.2 Å². The van der Waals surface area contributed by atoms with E-state index < -0.39 is 21.7 Å². The van der Waals surface area contributed by atoms with Crippen LogP contribution in [-0.4, -0.2) is 31.2 Å². The number of benzene rings is 2. The molecule has 0 aliphatic rings. The summed E-state index contributed by atoms with van der Waals surface area (Å²) in [4.78, 5) is 25.1. The number of carbonyl (C=O) groups excluding carboxylic acids is 1. The van der Waals surface area contributed by atoms with Gasteiger partial charge in [-0.2, -0.15) is 4.68 Å². The number of hydrogen-bond acceptors (Lipinski definition) is 7. The first kappa shape index (κ1) is 21.5. The Morgan fingerprint density at radius 1 is 1.12 bits per heavy atom. The Labute approximate surface area is 187 Å². The van der Waals surface area contributed by atoms with E-state index in [4.69, 9.17) is 4.42 Å². The molecule has 0 atom stereocenters. The van der Waals surface area contributed by atoms with Crippen LogP contribution in [0.5, 0.6) is 0 Å². The van der Waals surface area contributed by atoms with E-state index in [0.717, 1.165) is 8.99 Å². The average Bonchev–Trinajstić information content (AvgIpc) is 3.44. The summed E-state index contributed by atoms with van der Waals surface area (Å²) >= 11 is 1.35. The van der Waals surface area contributed by atoms with Gasteiger partial charge in [0.2, 0.25) is 5.91 Å². The maximum atomic E-state index is 13.0. The van der Waals surface area contributed by atoms with Gasteiger partial charge in [0.15, 0.2) is 0 Å². The van der Waals surface area contributed by atoms with E-state index in [2.05, 4.69) is 10.4 Å². The second-order valence-corrected chi connectivity index (χ2v) is 9.61. The van der Waals surface area contributed by atoms with Gasteiger partial charge in [0.25, 0.3) is 15.9 Å². The number of amides is 1. The van der Waals surface area contributed by atoms with E-state index in [9.17, 15) is 18.0 Å². The molecule has 0 radical (unpaired) electrons. The zero-order valence-electron chi connectivity index (χ0n) is 16.8. The predicted molar refractivity (Wildman–Crippen MR) is 121 cm³/mol. The van der Waals surface area contributed by atoms with Crippen molar-refractivity contribution >= 4 is 38.6 Å². The van der Waals surface area contributed by atoms with E-state index in [1.54, 1.807) is 48.5 Å². The molecule has 164 valence electrons. The summed E-state index contributed by atoms with van der Waals surface area (Å²) in [6, 6.07) is 18.1. The summed E-state index contributed by atoms with van der Waals surface area (Å²) in [5, 5.41) is 8.44. The zero-order valence-corrected chi connectivity index (χ0v) is 18.5. The van der Waals surface area contributed by atoms with E-state index in [1.807, 2.05) is 5.38 Å². The van der Waals surface area contributed by atoms with Gasteiger partial charge in [0, 0.05) is 12.7 Å². The van der Waals surface area contributed by atoms with Gasteiger partial charge in [-0.05, 0) is 41.8 Å². The van der Waals surface area contributed by atoms with Crippen LogP contribution >= 0.6 is 11.3 Å². The molecule has 2 aromatic heterocycles. The van der Waals surface area contributed by atoms with Crippen LogP contribution in [0.3, 0.4) is 0 Å². The van der Waals surface area contributed by atoms with Crippen molar-refractivity contribution < 1.29 is 17.6 Å². The highest BCUT2D eigenvalue weighted by Crippen LogP contribution is 2.24. The van der Waals surface area contributed by atoms with Gasteiger partial charge in [-0.1, -0.05) is 30.3 Å². The molecule has 0 bridgehead atoms. The van der Waals surface area contributed by atoms with Crippen molar-refractivity contribution in [1.29, 1.82) is 0 Å². The Morgan fingerprint density at radius 2 is 1.91 bits per heavy atom. The van der Waals surface area contributed by atoms with E-state index in [0.29, 0.717) is 10.6 Å². The van der Waals surface area contributed by atoms with Gasteiger partial charge in [-0.15, -0.1) is 16.4 Å². The summed E-state index contributed by atoms with van der Waals surface area (Å²) in [6.45, 7) is -0.380. The third-order valence-corrected chi connectivity index (χ3v) is 7.17. The van der Waals surface area contributed by atoms with E-state index in [-0.39, 0.29) is 23.0 Å². The first-order valence-corrected chi connectivity index (χ1v) is 11.7. The number of anilines is 2. The lowest BCUT2D eigenvalue weighted by Gasteiger charge is -2.19. The highest BCUT2D eigenvalue weighted by Gasteiger charge is 2.22. The SMILES string of the molecule is CN(c1ccccc1)S(=O)(=O)c1cccc(NC(=O)Cn2nc(-c3cccs3)oc2=O)c1. The Morgan fingerprint density at radius 3 is 2.62 bits per heavy atom. The molecular weight excluding hydrogens is 452 g/mol. The molecule has 0 aliphatic carbocycles. The van der Waals surface area contributed by atoms with Crippen LogP contribution < -0.4 is 15.4 Å². The summed E-state index contributed by atoms with van der Waals surface area (Å²) in [5.74, 6) is -1.18. The fourth-order valence-electron chi connectivity index (χ4n) is 2.91. The summed E-state index contributed by atoms with van der Waals surface area (Å²) in [5.41, 5.74) is 0.779. The minimum absolute atomic E-state index is 0.0141. The fraction of sp³-hybridized carbons (Fsp3) is 0.0952. The van der Waals surface area contributed by atoms with Crippen molar-refractivity contribution in [2.45, 2.75) is 11.4 Å². The highest BCUT2D eigenvalue weighted by atomic mass is 32.2. The smallest absolute Gasteiger partial charge is 0.387 e. The lowest BCUT2D eigenvalue weighted by atomic mass is 10.3. The van der Waals surface area contributed by atoms with Gasteiger partial charge in [0.1, 0.15) is 6.54 Å². The van der Waals surface area contributed by atoms with Crippen molar-refractivity contribution in [3.05, 3.63) is 82.7 Å². The molecular formula is C21H18N4O5S2. The van der Waals surface area contributed by atoms with E-state index in [1.165, 1.54) is 36.6 Å². The van der Waals surface area contributed by atoms with Gasteiger partial charge < -0.3 is 9.73 Å². The van der Waals surface area contributed by atoms with Crippen molar-refractivity contribution in [3.63, 3.8) is 0 Å². The number of rotatable bonds is 7. The molecule has 32 heavy (non-hydrogen) atoms. The molecule has 0 aliphatic heterocycles. The Balaban J connectivity index is 1.50. The third kappa shape index (κ3) is 4.48. The Kier molecular flexibility index (Phi) is 5.93. The van der Waals surface area contributed by atoms with Crippen LogP contribution in [0, 0.1) is 0 Å². The Hall–Kier alpha value is -3.70. The van der Waals surface area contributed by atoms with Crippen molar-refractivity contribution in [2.24, 2.45) is 0 Å². The summed E-state index contributed by atoms with van der Waals surface area (Å²) in [7, 11) is -2.38. The number of thiophene rings is 1. The monoisotopic (exact) mass is 470 g/mol. The minimum Gasteiger partial charge on any atom is -0.387 e. The molecule has 0 spiro atoms. The van der Waals surface area contributed by atoms with E-state index >= 15 is 0 Å². The molecule has 11 heteroatoms. The number of aromatic nitrogens is 2. The predicted octanol–water partition coefficient (Wildman–Crippen LogP) is 3.03. The normalized spacial score (nSPS) is 11.3. The largest absolute Gasteiger partial charge is 0.437 e. The second-order valence-electron chi connectivity index (χ2n) is 6.69. The third-order valence-electron chi connectivity index (χ3n) is 4.53. The van der Waals surface area contributed by atoms with Gasteiger partial charge in [-0.3, -0.25) is 9.10 Å². The molecule has 0 saturated carbocycles. The fourth-order valence-corrected chi connectivity index (χ4v) is 4.80. The molecule has 4 aromatic rings. The van der Waals surface area contributed by atoms with Gasteiger partial charge in [0.05, 0.1) is 15.5 Å². The number of nitrogens with one attached hydrogen (secondary N) is 1. The van der Waals surface area contributed by atoms with Crippen LogP contribution in [0.25, 0.3) is 10.8 Å². The minimum atomic E-state index is -3.84. The van der Waals surface area contributed by atoms with Gasteiger partial charge in [-0.25, -0.2) is 13.2 Å². The number of nitrogens with zero attached hydrogens (tertiary/aromatic N) is 3. The van der Waals surface area contributed by atoms with Gasteiger partial charge >= 0.3 is 5.76 Å². The first-order valence-electron chi connectivity index (χ1n) is 9.40. The molecule has 2 aromatic carbocycles. The standard InChI is InChI=1S/C21H18N4O5S2/c1-24(16-8-3-2-4-9-16)32(28,29)17-10-5-7-15(13-17)22-19(26)14-25-21(27)30-20(23-25)18-11-6-12-31-18/h2-13H,14H2,1H3,(H,22,26). The lowest BCUT2D eigenvalue weighted by molar-refractivity contribution is -0.117. The molecule has 1 amide bonds. The number of carbonyl (C=O) groups is 1. The van der Waals surface area contributed by atoms with Crippen molar-refractivity contribution in [3.8, 4) is 10.8 Å². The zero-order chi connectivity index (χ0) is 22.7. The average molecular weight is 471 g/mol. The molecule has 1 N–H and O–H groups in total. The molecule has 9 nitrogen and oxygen atoms in total. The highest BCUT2D eigenvalue weighted by molar-refractivity contribution is 7.92. The maximum absolute atomic E-state index is 13.0. The molecule has 0 saturated heterocycles. The summed E-state index contributed by atoms with van der Waals surface area (Å²) in [6.07, 6.45) is 0. The van der Waals surface area contributed by atoms with Crippen LogP contribution in [0.2, 0.25) is 0 Å². The van der Waals surface area contributed by atoms with Crippen molar-refractivity contribution in [1.82, 2.24) is 9.78 Å². The molecule has 4 rings (SSSR count). The maximum Gasteiger partial charge on any atom is 0.437 e. The first-order chi connectivity index (χ1) is 15.3. The lowest BCUT2D eigenvalue weighted by Crippen LogP contribution is -2.27. The van der Waals surface area contributed by atoms with Crippen LogP contribution in [-0.2, 0) is 21.4 Å². The van der Waals surface area contributed by atoms with Crippen LogP contribution in [0.1, 0.15) is 0 Å². The Bertz CT molecular complexity index is 1390. The topological polar surface area (TPSA) is 115 Å². The second kappa shape index (κ2) is 8.81. The van der Waals surface area contributed by atoms with Crippen molar-refractivity contribution in [2.75, 3.05) is 16.7 Å². The molecule has 2 heterocycles. The molecule has 0 unspecified atom stereocenters. The number of hydrogen-bond donors (Lipinski definition) is 1. The number of para-hydroxylation sites is 1. The quantitative estimate of drug-likeness (QED) is 0.444. The molecule has 0 fully saturated rings. The number of sulfonamides is 1. The summed E-state index contributed by atoms with van der Waals surface area (Å²) < 4.78 is 33.1. The van der Waals surface area contributed by atoms with Crippen LogP contribution in [0.4, 0.5) is 11.4 Å².